The fraction of sp³-hybridized carbons (Fsp3) is 0.588. The molecule has 0 aliphatic carbocycles. The summed E-state index contributed by atoms with van der Waals surface area (Å²) < 4.78 is 17.3. The zero-order valence-corrected chi connectivity index (χ0v) is 14.4. The summed E-state index contributed by atoms with van der Waals surface area (Å²) in [6.45, 7) is 4.00. The van der Waals surface area contributed by atoms with E-state index in [4.69, 9.17) is 4.74 Å². The van der Waals surface area contributed by atoms with Crippen molar-refractivity contribution in [2.75, 3.05) is 25.5 Å². The lowest BCUT2D eigenvalue weighted by Gasteiger charge is -2.28. The van der Waals surface area contributed by atoms with Crippen LogP contribution >= 0.6 is 0 Å². The standard InChI is InChI=1S/C17H26N2O3S/c1-14(16-7-10-22-11-8-16)19-17(20)18-9-12-23(21)13-15-5-3-2-4-6-15/h2-6,14,16H,7-13H2,1H3,(H2,18,19,20)/t14-,23-/m1/s1. The highest BCUT2D eigenvalue weighted by molar-refractivity contribution is 7.84. The molecule has 6 heteroatoms. The van der Waals surface area contributed by atoms with Crippen LogP contribution < -0.4 is 10.6 Å². The van der Waals surface area contributed by atoms with Gasteiger partial charge in [-0.15, -0.1) is 0 Å². The van der Waals surface area contributed by atoms with Gasteiger partial charge in [0.1, 0.15) is 0 Å². The number of carbonyl (C=O) groups is 1. The highest BCUT2D eigenvalue weighted by Crippen LogP contribution is 2.18. The second kappa shape index (κ2) is 9.67. The van der Waals surface area contributed by atoms with E-state index in [1.165, 1.54) is 0 Å². The fourth-order valence-corrected chi connectivity index (χ4v) is 3.74. The maximum atomic E-state index is 12.0. The Labute approximate surface area is 140 Å². The summed E-state index contributed by atoms with van der Waals surface area (Å²) >= 11 is 0. The molecule has 0 saturated carbocycles. The average molecular weight is 338 g/mol. The van der Waals surface area contributed by atoms with Crippen molar-refractivity contribution in [2.45, 2.75) is 31.6 Å². The van der Waals surface area contributed by atoms with Gasteiger partial charge in [0, 0.05) is 48.1 Å². The van der Waals surface area contributed by atoms with Crippen LogP contribution in [-0.2, 0) is 21.3 Å². The number of amides is 2. The van der Waals surface area contributed by atoms with Crippen LogP contribution in [0.4, 0.5) is 4.79 Å². The normalized spacial score (nSPS) is 18.1. The average Bonchev–Trinajstić information content (AvgIpc) is 2.56. The number of rotatable bonds is 7. The zero-order chi connectivity index (χ0) is 16.5. The predicted molar refractivity (Wildman–Crippen MR) is 92.7 cm³/mol. The molecular formula is C17H26N2O3S. The molecule has 1 fully saturated rings. The molecule has 1 aromatic rings. The van der Waals surface area contributed by atoms with E-state index in [0.29, 0.717) is 24.0 Å². The van der Waals surface area contributed by atoms with Crippen molar-refractivity contribution in [3.8, 4) is 0 Å². The van der Waals surface area contributed by atoms with Crippen LogP contribution in [0, 0.1) is 5.92 Å². The molecule has 1 aromatic carbocycles. The van der Waals surface area contributed by atoms with E-state index in [-0.39, 0.29) is 12.1 Å². The minimum Gasteiger partial charge on any atom is -0.381 e. The Morgan fingerprint density at radius 1 is 1.30 bits per heavy atom. The second-order valence-electron chi connectivity index (χ2n) is 5.91. The lowest BCUT2D eigenvalue weighted by molar-refractivity contribution is 0.0571. The highest BCUT2D eigenvalue weighted by Gasteiger charge is 2.21. The van der Waals surface area contributed by atoms with Gasteiger partial charge < -0.3 is 15.4 Å². The summed E-state index contributed by atoms with van der Waals surface area (Å²) in [5.74, 6) is 1.47. The molecule has 2 atom stereocenters. The molecular weight excluding hydrogens is 312 g/mol. The molecule has 1 aliphatic rings. The SMILES string of the molecule is C[C@@H](NC(=O)NCC[S@@](=O)Cc1ccccc1)C1CCOCC1. The Balaban J connectivity index is 1.61. The van der Waals surface area contributed by atoms with Gasteiger partial charge >= 0.3 is 6.03 Å². The third kappa shape index (κ3) is 6.71. The quantitative estimate of drug-likeness (QED) is 0.799. The molecule has 1 heterocycles. The second-order valence-corrected chi connectivity index (χ2v) is 7.49. The maximum absolute atomic E-state index is 12.0. The molecule has 128 valence electrons. The number of hydrogen-bond donors (Lipinski definition) is 2. The smallest absolute Gasteiger partial charge is 0.315 e. The minimum absolute atomic E-state index is 0.133. The van der Waals surface area contributed by atoms with Gasteiger partial charge in [-0.3, -0.25) is 4.21 Å². The molecule has 0 radical (unpaired) electrons. The fourth-order valence-electron chi connectivity index (χ4n) is 2.70. The number of nitrogens with one attached hydrogen (secondary N) is 2. The van der Waals surface area contributed by atoms with Crippen molar-refractivity contribution < 1.29 is 13.7 Å². The van der Waals surface area contributed by atoms with Gasteiger partial charge in [0.2, 0.25) is 0 Å². The van der Waals surface area contributed by atoms with Crippen LogP contribution in [0.1, 0.15) is 25.3 Å². The van der Waals surface area contributed by atoms with E-state index in [0.717, 1.165) is 31.6 Å². The molecule has 1 saturated heterocycles. The molecule has 0 unspecified atom stereocenters. The lowest BCUT2D eigenvalue weighted by Crippen LogP contribution is -2.46. The van der Waals surface area contributed by atoms with Crippen molar-refractivity contribution in [1.29, 1.82) is 0 Å². The molecule has 2 N–H and O–H groups in total. The van der Waals surface area contributed by atoms with Gasteiger partial charge in [-0.2, -0.15) is 0 Å². The molecule has 0 spiro atoms. The lowest BCUT2D eigenvalue weighted by atomic mass is 9.93. The van der Waals surface area contributed by atoms with E-state index >= 15 is 0 Å². The maximum Gasteiger partial charge on any atom is 0.315 e. The predicted octanol–water partition coefficient (Wildman–Crippen LogP) is 2.05. The zero-order valence-electron chi connectivity index (χ0n) is 13.6. The Morgan fingerprint density at radius 2 is 2.00 bits per heavy atom. The largest absolute Gasteiger partial charge is 0.381 e. The van der Waals surface area contributed by atoms with Crippen molar-refractivity contribution in [1.82, 2.24) is 10.6 Å². The van der Waals surface area contributed by atoms with Crippen LogP contribution in [0.25, 0.3) is 0 Å². The molecule has 0 bridgehead atoms. The summed E-state index contributed by atoms with van der Waals surface area (Å²) in [6.07, 6.45) is 1.98. The van der Waals surface area contributed by atoms with Crippen LogP contribution in [0.5, 0.6) is 0 Å². The Hall–Kier alpha value is -1.40. The Morgan fingerprint density at radius 3 is 2.70 bits per heavy atom. The summed E-state index contributed by atoms with van der Waals surface area (Å²) in [7, 11) is -0.963. The van der Waals surface area contributed by atoms with Gasteiger partial charge in [-0.25, -0.2) is 4.79 Å². The van der Waals surface area contributed by atoms with Crippen LogP contribution in [0.2, 0.25) is 0 Å². The number of ether oxygens (including phenoxy) is 1. The summed E-state index contributed by atoms with van der Waals surface area (Å²) in [5, 5.41) is 5.76. The van der Waals surface area contributed by atoms with Crippen LogP contribution in [-0.4, -0.2) is 41.8 Å². The first-order valence-electron chi connectivity index (χ1n) is 8.16. The number of carbonyl (C=O) groups excluding carboxylic acids is 1. The number of urea groups is 1. The van der Waals surface area contributed by atoms with E-state index < -0.39 is 10.8 Å². The van der Waals surface area contributed by atoms with Gasteiger partial charge in [0.05, 0.1) is 0 Å². The third-order valence-corrected chi connectivity index (χ3v) is 5.43. The van der Waals surface area contributed by atoms with Gasteiger partial charge in [0.15, 0.2) is 0 Å². The summed E-state index contributed by atoms with van der Waals surface area (Å²) in [5.41, 5.74) is 1.06. The molecule has 23 heavy (non-hydrogen) atoms. The topological polar surface area (TPSA) is 67.4 Å². The van der Waals surface area contributed by atoms with E-state index in [1.807, 2.05) is 37.3 Å². The third-order valence-electron chi connectivity index (χ3n) is 4.12. The van der Waals surface area contributed by atoms with Gasteiger partial charge in [0.25, 0.3) is 0 Å². The first-order chi connectivity index (χ1) is 11.1. The summed E-state index contributed by atoms with van der Waals surface area (Å²) in [6, 6.07) is 9.71. The van der Waals surface area contributed by atoms with E-state index in [9.17, 15) is 9.00 Å². The Kier molecular flexibility index (Phi) is 7.55. The molecule has 0 aromatic heterocycles. The van der Waals surface area contributed by atoms with Crippen molar-refractivity contribution >= 4 is 16.8 Å². The summed E-state index contributed by atoms with van der Waals surface area (Å²) in [4.78, 5) is 11.9. The van der Waals surface area contributed by atoms with E-state index in [2.05, 4.69) is 10.6 Å². The molecule has 5 nitrogen and oxygen atoms in total. The molecule has 2 rings (SSSR count). The van der Waals surface area contributed by atoms with Crippen molar-refractivity contribution in [2.24, 2.45) is 5.92 Å². The Bertz CT molecular complexity index is 504. The first kappa shape index (κ1) is 17.9. The number of hydrogen-bond acceptors (Lipinski definition) is 3. The number of benzene rings is 1. The van der Waals surface area contributed by atoms with Gasteiger partial charge in [-0.1, -0.05) is 30.3 Å². The van der Waals surface area contributed by atoms with E-state index in [1.54, 1.807) is 0 Å². The van der Waals surface area contributed by atoms with Crippen molar-refractivity contribution in [3.63, 3.8) is 0 Å². The molecule has 2 amide bonds. The highest BCUT2D eigenvalue weighted by atomic mass is 32.2. The van der Waals surface area contributed by atoms with Crippen LogP contribution in [0.15, 0.2) is 30.3 Å². The monoisotopic (exact) mass is 338 g/mol. The minimum atomic E-state index is -0.963. The first-order valence-corrected chi connectivity index (χ1v) is 9.65. The van der Waals surface area contributed by atoms with Crippen LogP contribution in [0.3, 0.4) is 0 Å². The van der Waals surface area contributed by atoms with Crippen molar-refractivity contribution in [3.05, 3.63) is 35.9 Å². The molecule has 1 aliphatic heterocycles. The van der Waals surface area contributed by atoms with Gasteiger partial charge in [-0.05, 0) is 31.2 Å².